The van der Waals surface area contributed by atoms with Crippen molar-refractivity contribution in [3.8, 4) is 0 Å². The molecule has 1 heterocycles. The average molecular weight is 311 g/mol. The van der Waals surface area contributed by atoms with Gasteiger partial charge in [0.25, 0.3) is 0 Å². The third kappa shape index (κ3) is 5.55. The number of sulfonamides is 1. The number of likely N-dealkylation sites (tertiary alicyclic amines) is 1. The summed E-state index contributed by atoms with van der Waals surface area (Å²) >= 11 is 0. The van der Waals surface area contributed by atoms with Gasteiger partial charge in [0.1, 0.15) is 0 Å². The molecule has 0 amide bonds. The molecule has 0 radical (unpaired) electrons. The predicted octanol–water partition coefficient (Wildman–Crippen LogP) is 2.34. The zero-order valence-electron chi connectivity index (χ0n) is 12.8. The van der Waals surface area contributed by atoms with Crippen molar-refractivity contribution in [2.45, 2.75) is 32.2 Å². The van der Waals surface area contributed by atoms with E-state index >= 15 is 0 Å². The summed E-state index contributed by atoms with van der Waals surface area (Å²) in [4.78, 5) is 2.49. The van der Waals surface area contributed by atoms with Crippen LogP contribution >= 0.6 is 0 Å². The van der Waals surface area contributed by atoms with E-state index in [2.05, 4.69) is 21.9 Å². The van der Waals surface area contributed by atoms with E-state index in [0.29, 0.717) is 11.7 Å². The van der Waals surface area contributed by atoms with Crippen molar-refractivity contribution >= 4 is 21.4 Å². The lowest BCUT2D eigenvalue weighted by Crippen LogP contribution is -2.26. The Balaban J connectivity index is 1.91. The molecule has 1 aromatic rings. The quantitative estimate of drug-likeness (QED) is 0.876. The number of hydrogen-bond acceptors (Lipinski definition) is 4. The van der Waals surface area contributed by atoms with Crippen molar-refractivity contribution in [3.63, 3.8) is 0 Å². The first-order valence-electron chi connectivity index (χ1n) is 7.53. The highest BCUT2D eigenvalue weighted by Crippen LogP contribution is 2.19. The smallest absolute Gasteiger partial charge is 0.229 e. The van der Waals surface area contributed by atoms with Crippen molar-refractivity contribution < 1.29 is 8.42 Å². The summed E-state index contributed by atoms with van der Waals surface area (Å²) in [6.07, 6.45) is 4.71. The molecule has 0 aromatic heterocycles. The van der Waals surface area contributed by atoms with Gasteiger partial charge in [-0.3, -0.25) is 4.72 Å². The van der Waals surface area contributed by atoms with Crippen LogP contribution in [0.5, 0.6) is 0 Å². The second-order valence-corrected chi connectivity index (χ2v) is 7.41. The van der Waals surface area contributed by atoms with Crippen molar-refractivity contribution in [3.05, 3.63) is 24.3 Å². The first-order chi connectivity index (χ1) is 9.96. The Bertz CT molecular complexity index is 543. The van der Waals surface area contributed by atoms with Gasteiger partial charge >= 0.3 is 0 Å². The Labute approximate surface area is 127 Å². The maximum absolute atomic E-state index is 11.2. The highest BCUT2D eigenvalue weighted by molar-refractivity contribution is 7.92. The third-order valence-corrected chi connectivity index (χ3v) is 4.43. The number of hydrogen-bond donors (Lipinski definition) is 2. The van der Waals surface area contributed by atoms with E-state index in [4.69, 9.17) is 0 Å². The Morgan fingerprint density at radius 1 is 1.14 bits per heavy atom. The predicted molar refractivity (Wildman–Crippen MR) is 88.3 cm³/mol. The van der Waals surface area contributed by atoms with Gasteiger partial charge < -0.3 is 10.2 Å². The summed E-state index contributed by atoms with van der Waals surface area (Å²) in [5.74, 6) is 0. The lowest BCUT2D eigenvalue weighted by atomic mass is 10.1. The van der Waals surface area contributed by atoms with Crippen LogP contribution in [-0.4, -0.2) is 45.2 Å². The Hall–Kier alpha value is -1.27. The summed E-state index contributed by atoms with van der Waals surface area (Å²) in [7, 11) is -3.21. The van der Waals surface area contributed by atoms with Crippen LogP contribution in [0.3, 0.4) is 0 Å². The van der Waals surface area contributed by atoms with E-state index in [1.807, 2.05) is 12.1 Å². The molecule has 0 saturated carbocycles. The van der Waals surface area contributed by atoms with Crippen LogP contribution in [0.25, 0.3) is 0 Å². The molecule has 21 heavy (non-hydrogen) atoms. The van der Waals surface area contributed by atoms with E-state index in [1.54, 1.807) is 12.1 Å². The summed E-state index contributed by atoms with van der Waals surface area (Å²) in [6, 6.07) is 7.93. The minimum Gasteiger partial charge on any atom is -0.382 e. The number of anilines is 2. The van der Waals surface area contributed by atoms with E-state index < -0.39 is 10.0 Å². The minimum absolute atomic E-state index is 0.496. The SMILES string of the molecule is CCN1CCCC(Nc2ccc(NS(C)(=O)=O)cc2)CC1. The van der Waals surface area contributed by atoms with E-state index in [1.165, 1.54) is 19.4 Å². The van der Waals surface area contributed by atoms with Gasteiger partial charge in [-0.1, -0.05) is 6.92 Å². The summed E-state index contributed by atoms with van der Waals surface area (Å²) in [5.41, 5.74) is 1.64. The molecule has 1 unspecified atom stereocenters. The van der Waals surface area contributed by atoms with Crippen LogP contribution < -0.4 is 10.0 Å². The first kappa shape index (κ1) is 16.1. The molecule has 0 spiro atoms. The Morgan fingerprint density at radius 2 is 1.81 bits per heavy atom. The topological polar surface area (TPSA) is 61.4 Å². The molecular weight excluding hydrogens is 286 g/mol. The van der Waals surface area contributed by atoms with E-state index in [9.17, 15) is 8.42 Å². The lowest BCUT2D eigenvalue weighted by Gasteiger charge is -2.19. The number of rotatable bonds is 5. The van der Waals surface area contributed by atoms with Crippen LogP contribution in [0.1, 0.15) is 26.2 Å². The zero-order valence-corrected chi connectivity index (χ0v) is 13.6. The Kier molecular flexibility index (Phi) is 5.47. The van der Waals surface area contributed by atoms with Gasteiger partial charge in [-0.2, -0.15) is 0 Å². The van der Waals surface area contributed by atoms with Gasteiger partial charge in [0.2, 0.25) is 10.0 Å². The molecular formula is C15H25N3O2S. The molecule has 1 atom stereocenters. The normalized spacial score (nSPS) is 20.8. The van der Waals surface area contributed by atoms with Crippen molar-refractivity contribution in [2.75, 3.05) is 35.9 Å². The Morgan fingerprint density at radius 3 is 2.43 bits per heavy atom. The lowest BCUT2D eigenvalue weighted by molar-refractivity contribution is 0.300. The van der Waals surface area contributed by atoms with Crippen LogP contribution in [0, 0.1) is 0 Å². The van der Waals surface area contributed by atoms with Crippen molar-refractivity contribution in [1.82, 2.24) is 4.90 Å². The fourth-order valence-corrected chi connectivity index (χ4v) is 3.26. The standard InChI is InChI=1S/C15H25N3O2S/c1-3-18-11-4-5-13(10-12-18)16-14-6-8-15(9-7-14)17-21(2,19)20/h6-9,13,16-17H,3-5,10-12H2,1-2H3. The molecule has 1 saturated heterocycles. The van der Waals surface area contributed by atoms with Gasteiger partial charge in [0.05, 0.1) is 6.26 Å². The van der Waals surface area contributed by atoms with Crippen LogP contribution in [0.4, 0.5) is 11.4 Å². The second kappa shape index (κ2) is 7.13. The maximum Gasteiger partial charge on any atom is 0.229 e. The van der Waals surface area contributed by atoms with Gasteiger partial charge in [0, 0.05) is 24.0 Å². The average Bonchev–Trinajstić information content (AvgIpc) is 2.64. The third-order valence-electron chi connectivity index (χ3n) is 3.83. The van der Waals surface area contributed by atoms with Crippen LogP contribution in [0.2, 0.25) is 0 Å². The zero-order chi connectivity index (χ0) is 15.3. The van der Waals surface area contributed by atoms with Crippen molar-refractivity contribution in [1.29, 1.82) is 0 Å². The highest BCUT2D eigenvalue weighted by atomic mass is 32.2. The van der Waals surface area contributed by atoms with Gasteiger partial charge in [-0.25, -0.2) is 8.42 Å². The molecule has 6 heteroatoms. The van der Waals surface area contributed by atoms with Crippen molar-refractivity contribution in [2.24, 2.45) is 0 Å². The van der Waals surface area contributed by atoms with Gasteiger partial charge in [-0.15, -0.1) is 0 Å². The van der Waals surface area contributed by atoms with Crippen LogP contribution in [0.15, 0.2) is 24.3 Å². The summed E-state index contributed by atoms with van der Waals surface area (Å²) < 4.78 is 24.8. The molecule has 1 aliphatic heterocycles. The molecule has 5 nitrogen and oxygen atoms in total. The largest absolute Gasteiger partial charge is 0.382 e. The molecule has 0 bridgehead atoms. The molecule has 0 aliphatic carbocycles. The summed E-state index contributed by atoms with van der Waals surface area (Å²) in [6.45, 7) is 5.66. The number of nitrogens with zero attached hydrogens (tertiary/aromatic N) is 1. The minimum atomic E-state index is -3.21. The maximum atomic E-state index is 11.2. The molecule has 2 N–H and O–H groups in total. The molecule has 1 fully saturated rings. The number of benzene rings is 1. The molecule has 118 valence electrons. The molecule has 1 aromatic carbocycles. The monoisotopic (exact) mass is 311 g/mol. The molecule has 2 rings (SSSR count). The molecule has 1 aliphatic rings. The number of nitrogens with one attached hydrogen (secondary N) is 2. The van der Waals surface area contributed by atoms with Crippen LogP contribution in [-0.2, 0) is 10.0 Å². The van der Waals surface area contributed by atoms with Gasteiger partial charge in [-0.05, 0) is 56.6 Å². The van der Waals surface area contributed by atoms with E-state index in [-0.39, 0.29) is 0 Å². The fraction of sp³-hybridized carbons (Fsp3) is 0.600. The second-order valence-electron chi connectivity index (χ2n) is 5.66. The van der Waals surface area contributed by atoms with Gasteiger partial charge in [0.15, 0.2) is 0 Å². The summed E-state index contributed by atoms with van der Waals surface area (Å²) in [5, 5.41) is 3.55. The fourth-order valence-electron chi connectivity index (χ4n) is 2.70. The highest BCUT2D eigenvalue weighted by Gasteiger charge is 2.15. The van der Waals surface area contributed by atoms with E-state index in [0.717, 1.165) is 31.5 Å². The first-order valence-corrected chi connectivity index (χ1v) is 9.42.